The maximum Gasteiger partial charge on any atom is 0.416 e. The summed E-state index contributed by atoms with van der Waals surface area (Å²) >= 11 is 0. The summed E-state index contributed by atoms with van der Waals surface area (Å²) < 4.78 is 37.4. The summed E-state index contributed by atoms with van der Waals surface area (Å²) in [5.74, 6) is -1.51. The Morgan fingerprint density at radius 1 is 1.47 bits per heavy atom. The molecule has 0 fully saturated rings. The number of carbonyl (C=O) groups is 1. The highest BCUT2D eigenvalue weighted by atomic mass is 19.4. The molecule has 0 aliphatic carbocycles. The highest BCUT2D eigenvalue weighted by Gasteiger charge is 2.31. The SMILES string of the molecule is CCC(=O)C(C#N)c1cccc(C(F)(F)F)c1. The van der Waals surface area contributed by atoms with Crippen LogP contribution in [0.15, 0.2) is 24.3 Å². The Morgan fingerprint density at radius 2 is 2.12 bits per heavy atom. The summed E-state index contributed by atoms with van der Waals surface area (Å²) in [6.45, 7) is 1.57. The number of nitrogens with zero attached hydrogens (tertiary/aromatic N) is 1. The zero-order valence-corrected chi connectivity index (χ0v) is 9.08. The topological polar surface area (TPSA) is 40.9 Å². The molecule has 5 heteroatoms. The molecule has 0 bridgehead atoms. The normalized spacial score (nSPS) is 12.9. The number of alkyl halides is 3. The fourth-order valence-corrected chi connectivity index (χ4v) is 1.43. The average molecular weight is 241 g/mol. The van der Waals surface area contributed by atoms with E-state index < -0.39 is 17.7 Å². The van der Waals surface area contributed by atoms with Gasteiger partial charge in [-0.05, 0) is 11.6 Å². The average Bonchev–Trinajstić information content (AvgIpc) is 2.29. The summed E-state index contributed by atoms with van der Waals surface area (Å²) in [5.41, 5.74) is -0.756. The molecule has 1 aromatic carbocycles. The first-order valence-electron chi connectivity index (χ1n) is 4.99. The third-order valence-electron chi connectivity index (χ3n) is 2.35. The van der Waals surface area contributed by atoms with Crippen LogP contribution in [-0.4, -0.2) is 5.78 Å². The van der Waals surface area contributed by atoms with Gasteiger partial charge in [0, 0.05) is 6.42 Å². The van der Waals surface area contributed by atoms with Crippen LogP contribution in [0.5, 0.6) is 0 Å². The van der Waals surface area contributed by atoms with Crippen LogP contribution >= 0.6 is 0 Å². The van der Waals surface area contributed by atoms with Crippen molar-refractivity contribution in [2.24, 2.45) is 0 Å². The number of hydrogen-bond acceptors (Lipinski definition) is 2. The largest absolute Gasteiger partial charge is 0.416 e. The lowest BCUT2D eigenvalue weighted by molar-refractivity contribution is -0.137. The van der Waals surface area contributed by atoms with Gasteiger partial charge in [0.05, 0.1) is 11.6 Å². The van der Waals surface area contributed by atoms with E-state index in [4.69, 9.17) is 5.26 Å². The minimum Gasteiger partial charge on any atom is -0.298 e. The Bertz CT molecular complexity index is 460. The molecule has 17 heavy (non-hydrogen) atoms. The molecule has 0 aliphatic heterocycles. The summed E-state index contributed by atoms with van der Waals surface area (Å²) in [7, 11) is 0. The van der Waals surface area contributed by atoms with Crippen LogP contribution in [0.4, 0.5) is 13.2 Å². The van der Waals surface area contributed by atoms with Crippen LogP contribution in [0, 0.1) is 11.3 Å². The molecular weight excluding hydrogens is 231 g/mol. The molecule has 0 amide bonds. The molecule has 1 unspecified atom stereocenters. The van der Waals surface area contributed by atoms with Crippen molar-refractivity contribution >= 4 is 5.78 Å². The van der Waals surface area contributed by atoms with E-state index in [2.05, 4.69) is 0 Å². The molecule has 1 aromatic rings. The summed E-state index contributed by atoms with van der Waals surface area (Å²) in [5, 5.41) is 8.82. The number of nitriles is 1. The lowest BCUT2D eigenvalue weighted by Crippen LogP contribution is -2.11. The lowest BCUT2D eigenvalue weighted by atomic mass is 9.93. The minimum atomic E-state index is -4.47. The standard InChI is InChI=1S/C12H10F3NO/c1-2-11(17)10(7-16)8-4-3-5-9(6-8)12(13,14)15/h3-6,10H,2H2,1H3. The van der Waals surface area contributed by atoms with Gasteiger partial charge in [-0.15, -0.1) is 0 Å². The molecule has 0 aliphatic rings. The van der Waals surface area contributed by atoms with Gasteiger partial charge in [0.25, 0.3) is 0 Å². The molecule has 2 nitrogen and oxygen atoms in total. The van der Waals surface area contributed by atoms with Gasteiger partial charge in [0.1, 0.15) is 5.92 Å². The van der Waals surface area contributed by atoms with Gasteiger partial charge in [-0.2, -0.15) is 18.4 Å². The fourth-order valence-electron chi connectivity index (χ4n) is 1.43. The van der Waals surface area contributed by atoms with Crippen LogP contribution in [0.2, 0.25) is 0 Å². The maximum atomic E-state index is 12.5. The fraction of sp³-hybridized carbons (Fsp3) is 0.333. The Kier molecular flexibility index (Phi) is 3.89. The minimum absolute atomic E-state index is 0.0918. The van der Waals surface area contributed by atoms with Crippen molar-refractivity contribution in [1.82, 2.24) is 0 Å². The molecule has 0 aromatic heterocycles. The second kappa shape index (κ2) is 5.00. The van der Waals surface area contributed by atoms with E-state index in [0.717, 1.165) is 12.1 Å². The Balaban J connectivity index is 3.15. The van der Waals surface area contributed by atoms with E-state index in [0.29, 0.717) is 0 Å². The first-order valence-corrected chi connectivity index (χ1v) is 4.99. The lowest BCUT2D eigenvalue weighted by Gasteiger charge is -2.11. The van der Waals surface area contributed by atoms with E-state index in [9.17, 15) is 18.0 Å². The van der Waals surface area contributed by atoms with E-state index in [1.165, 1.54) is 12.1 Å². The van der Waals surface area contributed by atoms with Gasteiger partial charge in [0.15, 0.2) is 5.78 Å². The number of carbonyl (C=O) groups excluding carboxylic acids is 1. The predicted molar refractivity (Wildman–Crippen MR) is 55.1 cm³/mol. The van der Waals surface area contributed by atoms with Crippen LogP contribution in [0.1, 0.15) is 30.4 Å². The highest BCUT2D eigenvalue weighted by Crippen LogP contribution is 2.31. The van der Waals surface area contributed by atoms with Crippen molar-refractivity contribution < 1.29 is 18.0 Å². The number of ketones is 1. The Hall–Kier alpha value is -1.83. The first-order chi connectivity index (χ1) is 7.90. The van der Waals surface area contributed by atoms with Gasteiger partial charge < -0.3 is 0 Å². The Labute approximate surface area is 96.7 Å². The predicted octanol–water partition coefficient (Wildman–Crippen LogP) is 3.29. The van der Waals surface area contributed by atoms with Crippen molar-refractivity contribution in [2.75, 3.05) is 0 Å². The van der Waals surface area contributed by atoms with E-state index in [-0.39, 0.29) is 17.8 Å². The number of Topliss-reactive ketones (excluding diaryl/α,β-unsaturated/α-hetero) is 1. The molecule has 1 atom stereocenters. The smallest absolute Gasteiger partial charge is 0.298 e. The second-order valence-electron chi connectivity index (χ2n) is 3.51. The number of hydrogen-bond donors (Lipinski definition) is 0. The van der Waals surface area contributed by atoms with Crippen molar-refractivity contribution in [3.63, 3.8) is 0 Å². The number of benzene rings is 1. The van der Waals surface area contributed by atoms with Crippen molar-refractivity contribution in [3.8, 4) is 6.07 Å². The summed E-state index contributed by atoms with van der Waals surface area (Å²) in [6.07, 6.45) is -4.35. The number of rotatable bonds is 3. The van der Waals surface area contributed by atoms with Crippen molar-refractivity contribution in [3.05, 3.63) is 35.4 Å². The van der Waals surface area contributed by atoms with Gasteiger partial charge in [-0.1, -0.05) is 25.1 Å². The quantitative estimate of drug-likeness (QED) is 0.814. The zero-order chi connectivity index (χ0) is 13.1. The van der Waals surface area contributed by atoms with Crippen LogP contribution < -0.4 is 0 Å². The molecule has 1 rings (SSSR count). The van der Waals surface area contributed by atoms with Crippen molar-refractivity contribution in [2.45, 2.75) is 25.4 Å². The monoisotopic (exact) mass is 241 g/mol. The second-order valence-corrected chi connectivity index (χ2v) is 3.51. The molecule has 0 radical (unpaired) electrons. The molecular formula is C12H10F3NO. The van der Waals surface area contributed by atoms with Gasteiger partial charge in [0.2, 0.25) is 0 Å². The molecule has 90 valence electrons. The Morgan fingerprint density at radius 3 is 2.59 bits per heavy atom. The van der Waals surface area contributed by atoms with Crippen molar-refractivity contribution in [1.29, 1.82) is 5.26 Å². The van der Waals surface area contributed by atoms with E-state index in [1.807, 2.05) is 0 Å². The van der Waals surface area contributed by atoms with Crippen LogP contribution in [-0.2, 0) is 11.0 Å². The molecule has 0 saturated carbocycles. The van der Waals surface area contributed by atoms with Gasteiger partial charge >= 0.3 is 6.18 Å². The maximum absolute atomic E-state index is 12.5. The summed E-state index contributed by atoms with van der Waals surface area (Å²) in [6, 6.07) is 6.05. The van der Waals surface area contributed by atoms with Gasteiger partial charge in [-0.3, -0.25) is 4.79 Å². The molecule has 0 heterocycles. The first kappa shape index (κ1) is 13.2. The van der Waals surface area contributed by atoms with Crippen LogP contribution in [0.25, 0.3) is 0 Å². The summed E-state index contributed by atoms with van der Waals surface area (Å²) in [4.78, 5) is 11.4. The zero-order valence-electron chi connectivity index (χ0n) is 9.08. The highest BCUT2D eigenvalue weighted by molar-refractivity contribution is 5.88. The molecule has 0 saturated heterocycles. The molecule has 0 N–H and O–H groups in total. The van der Waals surface area contributed by atoms with E-state index >= 15 is 0 Å². The third kappa shape index (κ3) is 3.06. The molecule has 0 spiro atoms. The van der Waals surface area contributed by atoms with E-state index in [1.54, 1.807) is 13.0 Å². The number of halogens is 3. The van der Waals surface area contributed by atoms with Crippen LogP contribution in [0.3, 0.4) is 0 Å². The van der Waals surface area contributed by atoms with Gasteiger partial charge in [-0.25, -0.2) is 0 Å². The third-order valence-corrected chi connectivity index (χ3v) is 2.35.